The molecule has 1 unspecified atom stereocenters. The van der Waals surface area contributed by atoms with Crippen molar-refractivity contribution in [2.24, 2.45) is 0 Å². The van der Waals surface area contributed by atoms with E-state index in [0.29, 0.717) is 23.9 Å². The van der Waals surface area contributed by atoms with Crippen LogP contribution in [0.2, 0.25) is 0 Å². The average Bonchev–Trinajstić information content (AvgIpc) is 2.69. The zero-order valence-corrected chi connectivity index (χ0v) is 13.7. The van der Waals surface area contributed by atoms with Crippen LogP contribution in [0.4, 0.5) is 0 Å². The van der Waals surface area contributed by atoms with Gasteiger partial charge in [0.25, 0.3) is 0 Å². The predicted molar refractivity (Wildman–Crippen MR) is 87.6 cm³/mol. The molecule has 0 radical (unpaired) electrons. The molecule has 2 aliphatic heterocycles. The molecular weight excluding hydrogens is 280 g/mol. The van der Waals surface area contributed by atoms with Crippen LogP contribution in [-0.2, 0) is 4.79 Å². The number of nitrogens with zero attached hydrogens (tertiary/aromatic N) is 1. The largest absolute Gasteiger partial charge is 0.353 e. The van der Waals surface area contributed by atoms with E-state index in [1.807, 2.05) is 0 Å². The summed E-state index contributed by atoms with van der Waals surface area (Å²) in [6.45, 7) is 2.08. The van der Waals surface area contributed by atoms with E-state index < -0.39 is 0 Å². The third-order valence-electron chi connectivity index (χ3n) is 4.85. The molecule has 0 saturated carbocycles. The van der Waals surface area contributed by atoms with Crippen molar-refractivity contribution in [2.45, 2.75) is 55.6 Å². The SMILES string of the molecule is Cc1ccc(SCC(=O)NC2C[C@H]3CC[C@@H](C2)N3C)cc1. The van der Waals surface area contributed by atoms with Gasteiger partial charge in [0.1, 0.15) is 0 Å². The highest BCUT2D eigenvalue weighted by molar-refractivity contribution is 8.00. The Bertz CT molecular complexity index is 488. The fourth-order valence-corrected chi connectivity index (χ4v) is 4.29. The van der Waals surface area contributed by atoms with Crippen LogP contribution in [0.3, 0.4) is 0 Å². The molecule has 2 bridgehead atoms. The second kappa shape index (κ2) is 6.41. The van der Waals surface area contributed by atoms with Crippen LogP contribution in [0.15, 0.2) is 29.2 Å². The first-order chi connectivity index (χ1) is 10.1. The van der Waals surface area contributed by atoms with Crippen molar-refractivity contribution >= 4 is 17.7 Å². The number of hydrogen-bond acceptors (Lipinski definition) is 3. The molecule has 3 rings (SSSR count). The van der Waals surface area contributed by atoms with Crippen molar-refractivity contribution in [1.29, 1.82) is 0 Å². The van der Waals surface area contributed by atoms with E-state index in [4.69, 9.17) is 0 Å². The van der Waals surface area contributed by atoms with E-state index in [1.165, 1.54) is 23.3 Å². The maximum Gasteiger partial charge on any atom is 0.230 e. The molecule has 0 aliphatic carbocycles. The summed E-state index contributed by atoms with van der Waals surface area (Å²) in [6.07, 6.45) is 4.83. The summed E-state index contributed by atoms with van der Waals surface area (Å²) in [4.78, 5) is 15.8. The number of thioether (sulfide) groups is 1. The summed E-state index contributed by atoms with van der Waals surface area (Å²) in [5, 5.41) is 3.24. The van der Waals surface area contributed by atoms with Crippen molar-refractivity contribution in [2.75, 3.05) is 12.8 Å². The molecule has 21 heavy (non-hydrogen) atoms. The number of carbonyl (C=O) groups excluding carboxylic acids is 1. The van der Waals surface area contributed by atoms with Gasteiger partial charge in [-0.05, 0) is 51.8 Å². The molecular formula is C17H24N2OS. The Labute approximate surface area is 131 Å². The molecule has 3 nitrogen and oxygen atoms in total. The lowest BCUT2D eigenvalue weighted by molar-refractivity contribution is -0.119. The molecule has 1 aromatic rings. The Morgan fingerprint density at radius 1 is 1.24 bits per heavy atom. The quantitative estimate of drug-likeness (QED) is 0.868. The maximum atomic E-state index is 12.1. The van der Waals surface area contributed by atoms with Gasteiger partial charge in [-0.15, -0.1) is 11.8 Å². The lowest BCUT2D eigenvalue weighted by Crippen LogP contribution is -2.49. The third kappa shape index (κ3) is 3.61. The minimum Gasteiger partial charge on any atom is -0.353 e. The van der Waals surface area contributed by atoms with Gasteiger partial charge < -0.3 is 10.2 Å². The number of nitrogens with one attached hydrogen (secondary N) is 1. The van der Waals surface area contributed by atoms with E-state index >= 15 is 0 Å². The summed E-state index contributed by atoms with van der Waals surface area (Å²) >= 11 is 1.62. The molecule has 1 amide bonds. The number of rotatable bonds is 4. The topological polar surface area (TPSA) is 32.3 Å². The van der Waals surface area contributed by atoms with Crippen molar-refractivity contribution in [1.82, 2.24) is 10.2 Å². The summed E-state index contributed by atoms with van der Waals surface area (Å²) < 4.78 is 0. The summed E-state index contributed by atoms with van der Waals surface area (Å²) in [5.74, 6) is 0.694. The van der Waals surface area contributed by atoms with Crippen LogP contribution in [-0.4, -0.2) is 41.7 Å². The second-order valence-corrected chi connectivity index (χ2v) is 7.44. The minimum absolute atomic E-state index is 0.175. The molecule has 1 aromatic carbocycles. The van der Waals surface area contributed by atoms with Gasteiger partial charge in [0.2, 0.25) is 5.91 Å². The van der Waals surface area contributed by atoms with Crippen LogP contribution in [0, 0.1) is 6.92 Å². The Balaban J connectivity index is 1.45. The maximum absolute atomic E-state index is 12.1. The lowest BCUT2D eigenvalue weighted by atomic mass is 9.98. The van der Waals surface area contributed by atoms with Gasteiger partial charge in [-0.3, -0.25) is 4.79 Å². The number of amides is 1. The summed E-state index contributed by atoms with van der Waals surface area (Å²) in [5.41, 5.74) is 1.26. The Hall–Kier alpha value is -1.00. The molecule has 2 aliphatic rings. The Morgan fingerprint density at radius 2 is 1.86 bits per heavy atom. The fraction of sp³-hybridized carbons (Fsp3) is 0.588. The normalized spacial score (nSPS) is 28.6. The van der Waals surface area contributed by atoms with E-state index in [9.17, 15) is 4.79 Å². The van der Waals surface area contributed by atoms with E-state index in [2.05, 4.69) is 48.5 Å². The molecule has 1 N–H and O–H groups in total. The first-order valence-corrected chi connectivity index (χ1v) is 8.81. The Morgan fingerprint density at radius 3 is 2.48 bits per heavy atom. The number of fused-ring (bicyclic) bond motifs is 2. The van der Waals surface area contributed by atoms with Gasteiger partial charge in [-0.1, -0.05) is 17.7 Å². The number of aryl methyl sites for hydroxylation is 1. The van der Waals surface area contributed by atoms with Gasteiger partial charge in [0.15, 0.2) is 0 Å². The molecule has 3 atom stereocenters. The first kappa shape index (κ1) is 14.9. The van der Waals surface area contributed by atoms with Gasteiger partial charge in [0.05, 0.1) is 5.75 Å². The molecule has 2 saturated heterocycles. The number of carbonyl (C=O) groups is 1. The van der Waals surface area contributed by atoms with Crippen LogP contribution in [0.1, 0.15) is 31.2 Å². The molecule has 0 spiro atoms. The monoisotopic (exact) mass is 304 g/mol. The first-order valence-electron chi connectivity index (χ1n) is 7.82. The zero-order chi connectivity index (χ0) is 14.8. The van der Waals surface area contributed by atoms with Crippen LogP contribution in [0.25, 0.3) is 0 Å². The van der Waals surface area contributed by atoms with Crippen molar-refractivity contribution in [3.63, 3.8) is 0 Å². The smallest absolute Gasteiger partial charge is 0.230 e. The van der Waals surface area contributed by atoms with Gasteiger partial charge in [-0.25, -0.2) is 0 Å². The molecule has 0 aromatic heterocycles. The second-order valence-electron chi connectivity index (χ2n) is 6.39. The van der Waals surface area contributed by atoms with Crippen molar-refractivity contribution in [3.8, 4) is 0 Å². The number of piperidine rings is 1. The predicted octanol–water partition coefficient (Wildman–Crippen LogP) is 2.83. The average molecular weight is 304 g/mol. The van der Waals surface area contributed by atoms with Crippen LogP contribution < -0.4 is 5.32 Å². The fourth-order valence-electron chi connectivity index (χ4n) is 3.58. The van der Waals surface area contributed by atoms with Crippen LogP contribution >= 0.6 is 11.8 Å². The number of benzene rings is 1. The molecule has 2 fully saturated rings. The lowest BCUT2D eigenvalue weighted by Gasteiger charge is -2.36. The van der Waals surface area contributed by atoms with Crippen LogP contribution in [0.5, 0.6) is 0 Å². The zero-order valence-electron chi connectivity index (χ0n) is 12.8. The molecule has 4 heteroatoms. The van der Waals surface area contributed by atoms with Gasteiger partial charge in [0, 0.05) is 23.0 Å². The van der Waals surface area contributed by atoms with Gasteiger partial charge in [-0.2, -0.15) is 0 Å². The number of hydrogen-bond donors (Lipinski definition) is 1. The summed E-state index contributed by atoms with van der Waals surface area (Å²) in [7, 11) is 2.23. The highest BCUT2D eigenvalue weighted by Gasteiger charge is 2.38. The Kier molecular flexibility index (Phi) is 4.55. The summed E-state index contributed by atoms with van der Waals surface area (Å²) in [6, 6.07) is 10.1. The minimum atomic E-state index is 0.175. The third-order valence-corrected chi connectivity index (χ3v) is 5.87. The van der Waals surface area contributed by atoms with Crippen molar-refractivity contribution in [3.05, 3.63) is 29.8 Å². The highest BCUT2D eigenvalue weighted by Crippen LogP contribution is 2.34. The molecule has 2 heterocycles. The van der Waals surface area contributed by atoms with E-state index in [1.54, 1.807) is 11.8 Å². The molecule has 114 valence electrons. The highest BCUT2D eigenvalue weighted by atomic mass is 32.2. The van der Waals surface area contributed by atoms with E-state index in [0.717, 1.165) is 12.8 Å². The van der Waals surface area contributed by atoms with E-state index in [-0.39, 0.29) is 5.91 Å². The van der Waals surface area contributed by atoms with Gasteiger partial charge >= 0.3 is 0 Å². The standard InChI is InChI=1S/C17H24N2OS/c1-12-3-7-16(8-4-12)21-11-17(20)18-13-9-14-5-6-15(10-13)19(14)2/h3-4,7-8,13-15H,5-6,9-11H2,1-2H3,(H,18,20)/t13?,14-,15+. The van der Waals surface area contributed by atoms with Crippen molar-refractivity contribution < 1.29 is 4.79 Å².